The number of carbonyl (C=O) groups is 1. The minimum atomic E-state index is -0.417. The summed E-state index contributed by atoms with van der Waals surface area (Å²) in [6, 6.07) is 13.5. The van der Waals surface area contributed by atoms with E-state index in [1.165, 1.54) is 16.8 Å². The molecule has 2 aliphatic heterocycles. The number of hydrazone groups is 1. The van der Waals surface area contributed by atoms with E-state index in [0.29, 0.717) is 24.1 Å². The van der Waals surface area contributed by atoms with Crippen molar-refractivity contribution >= 4 is 39.8 Å². The lowest BCUT2D eigenvalue weighted by Crippen LogP contribution is -2.35. The van der Waals surface area contributed by atoms with Gasteiger partial charge in [-0.15, -0.1) is 0 Å². The second-order valence-electron chi connectivity index (χ2n) is 8.15. The van der Waals surface area contributed by atoms with Crippen LogP contribution in [-0.4, -0.2) is 40.2 Å². The highest BCUT2D eigenvalue weighted by atomic mass is 32.2. The molecule has 0 aromatic heterocycles. The first-order valence-electron chi connectivity index (χ1n) is 11.4. The standard InChI is InChI=1S/C26H28N4O3S/c1-4-5-6-23-29-30-24(27)21(25(31)28-26(30)34-23)16-19-9-11-20(12-10-19)32-13-14-33-22-15-17(2)7-8-18(22)3/h7-12,15-16,27H,4-6,13-14H2,1-3H3. The molecule has 0 aliphatic carbocycles. The van der Waals surface area contributed by atoms with E-state index < -0.39 is 5.91 Å². The van der Waals surface area contributed by atoms with Crippen LogP contribution in [0.15, 0.2) is 58.1 Å². The van der Waals surface area contributed by atoms with Crippen molar-refractivity contribution < 1.29 is 14.3 Å². The average molecular weight is 477 g/mol. The van der Waals surface area contributed by atoms with Gasteiger partial charge in [0.2, 0.25) is 5.17 Å². The van der Waals surface area contributed by atoms with Crippen LogP contribution in [0.3, 0.4) is 0 Å². The van der Waals surface area contributed by atoms with E-state index in [0.717, 1.165) is 46.7 Å². The van der Waals surface area contributed by atoms with E-state index in [1.54, 1.807) is 6.08 Å². The molecule has 0 radical (unpaired) electrons. The van der Waals surface area contributed by atoms with Gasteiger partial charge in [-0.25, -0.2) is 0 Å². The normalized spacial score (nSPS) is 16.4. The number of benzene rings is 2. The molecule has 176 valence electrons. The zero-order chi connectivity index (χ0) is 24.1. The predicted molar refractivity (Wildman–Crippen MR) is 138 cm³/mol. The molecule has 2 heterocycles. The Morgan fingerprint density at radius 3 is 2.62 bits per heavy atom. The number of carbonyl (C=O) groups excluding carboxylic acids is 1. The average Bonchev–Trinajstić information content (AvgIpc) is 3.24. The Kier molecular flexibility index (Phi) is 7.47. The highest BCUT2D eigenvalue weighted by molar-refractivity contribution is 8.26. The Balaban J connectivity index is 1.35. The van der Waals surface area contributed by atoms with E-state index >= 15 is 0 Å². The Hall–Kier alpha value is -3.39. The number of hydrogen-bond donors (Lipinski definition) is 1. The zero-order valence-electron chi connectivity index (χ0n) is 19.6. The maximum atomic E-state index is 12.5. The summed E-state index contributed by atoms with van der Waals surface area (Å²) in [6.45, 7) is 7.03. The van der Waals surface area contributed by atoms with Gasteiger partial charge in [0.1, 0.15) is 29.8 Å². The molecule has 0 bridgehead atoms. The van der Waals surface area contributed by atoms with Gasteiger partial charge in [-0.3, -0.25) is 10.2 Å². The molecule has 2 aromatic rings. The summed E-state index contributed by atoms with van der Waals surface area (Å²) in [6.07, 6.45) is 4.58. The van der Waals surface area contributed by atoms with Gasteiger partial charge in [0.25, 0.3) is 5.91 Å². The molecule has 2 aromatic carbocycles. The van der Waals surface area contributed by atoms with Gasteiger partial charge in [-0.05, 0) is 79.4 Å². The molecule has 8 heteroatoms. The molecule has 34 heavy (non-hydrogen) atoms. The number of rotatable bonds is 9. The van der Waals surface area contributed by atoms with Crippen LogP contribution in [-0.2, 0) is 4.79 Å². The molecule has 0 fully saturated rings. The molecule has 0 unspecified atom stereocenters. The first-order chi connectivity index (χ1) is 16.4. The summed E-state index contributed by atoms with van der Waals surface area (Å²) in [5.74, 6) is 1.21. The number of fused-ring (bicyclic) bond motifs is 1. The van der Waals surface area contributed by atoms with Crippen LogP contribution in [0, 0.1) is 19.3 Å². The van der Waals surface area contributed by atoms with Crippen LogP contribution in [0.2, 0.25) is 0 Å². The van der Waals surface area contributed by atoms with Crippen LogP contribution < -0.4 is 9.47 Å². The minimum Gasteiger partial charge on any atom is -0.490 e. The maximum absolute atomic E-state index is 12.5. The van der Waals surface area contributed by atoms with Crippen molar-refractivity contribution in [1.29, 1.82) is 5.41 Å². The lowest BCUT2D eigenvalue weighted by atomic mass is 10.1. The molecular weight excluding hydrogens is 448 g/mol. The number of nitrogens with one attached hydrogen (secondary N) is 1. The summed E-state index contributed by atoms with van der Waals surface area (Å²) in [5, 5.41) is 15.8. The summed E-state index contributed by atoms with van der Waals surface area (Å²) in [5.41, 5.74) is 3.26. The third-order valence-electron chi connectivity index (χ3n) is 5.38. The highest BCUT2D eigenvalue weighted by Crippen LogP contribution is 2.30. The van der Waals surface area contributed by atoms with E-state index in [2.05, 4.69) is 23.1 Å². The zero-order valence-corrected chi connectivity index (χ0v) is 20.4. The molecule has 1 N–H and O–H groups in total. The Morgan fingerprint density at radius 2 is 1.85 bits per heavy atom. The van der Waals surface area contributed by atoms with Gasteiger partial charge in [0.15, 0.2) is 5.84 Å². The van der Waals surface area contributed by atoms with Crippen molar-refractivity contribution in [3.8, 4) is 11.5 Å². The fourth-order valence-corrected chi connectivity index (χ4v) is 4.39. The van der Waals surface area contributed by atoms with Crippen molar-refractivity contribution in [3.63, 3.8) is 0 Å². The van der Waals surface area contributed by atoms with Crippen molar-refractivity contribution in [2.24, 2.45) is 10.1 Å². The number of ether oxygens (including phenoxy) is 2. The molecule has 2 aliphatic rings. The van der Waals surface area contributed by atoms with Gasteiger partial charge >= 0.3 is 0 Å². The van der Waals surface area contributed by atoms with E-state index in [9.17, 15) is 4.79 Å². The van der Waals surface area contributed by atoms with Gasteiger partial charge in [-0.2, -0.15) is 15.1 Å². The lowest BCUT2D eigenvalue weighted by molar-refractivity contribution is -0.114. The quantitative estimate of drug-likeness (QED) is 0.378. The molecular formula is C26H28N4O3S. The Bertz CT molecular complexity index is 1190. The number of aliphatic imine (C=N–C) groups is 1. The fraction of sp³-hybridized carbons (Fsp3) is 0.308. The topological polar surface area (TPSA) is 87.3 Å². The minimum absolute atomic E-state index is 0.0536. The first-order valence-corrected chi connectivity index (χ1v) is 12.2. The number of amidine groups is 2. The van der Waals surface area contributed by atoms with Gasteiger partial charge in [0.05, 0.1) is 5.57 Å². The van der Waals surface area contributed by atoms with Gasteiger partial charge in [-0.1, -0.05) is 37.6 Å². The fourth-order valence-electron chi connectivity index (χ4n) is 3.46. The predicted octanol–water partition coefficient (Wildman–Crippen LogP) is 5.57. The van der Waals surface area contributed by atoms with E-state index in [4.69, 9.17) is 14.9 Å². The number of aryl methyl sites for hydroxylation is 2. The number of thioether (sulfide) groups is 1. The van der Waals surface area contributed by atoms with E-state index in [1.807, 2.05) is 50.2 Å². The third kappa shape index (κ3) is 5.56. The Morgan fingerprint density at radius 1 is 1.09 bits per heavy atom. The van der Waals surface area contributed by atoms with Gasteiger partial charge in [0, 0.05) is 0 Å². The molecule has 7 nitrogen and oxygen atoms in total. The second kappa shape index (κ2) is 10.7. The molecule has 1 amide bonds. The summed E-state index contributed by atoms with van der Waals surface area (Å²) in [7, 11) is 0. The summed E-state index contributed by atoms with van der Waals surface area (Å²) < 4.78 is 11.6. The number of unbranched alkanes of at least 4 members (excludes halogenated alkanes) is 1. The maximum Gasteiger partial charge on any atom is 0.283 e. The van der Waals surface area contributed by atoms with Gasteiger partial charge < -0.3 is 9.47 Å². The molecule has 0 saturated carbocycles. The molecule has 0 saturated heterocycles. The monoisotopic (exact) mass is 476 g/mol. The Labute approximate surface area is 204 Å². The van der Waals surface area contributed by atoms with Crippen molar-refractivity contribution in [2.45, 2.75) is 40.0 Å². The first kappa shape index (κ1) is 23.8. The van der Waals surface area contributed by atoms with E-state index in [-0.39, 0.29) is 11.4 Å². The molecule has 0 spiro atoms. The van der Waals surface area contributed by atoms with Crippen LogP contribution in [0.5, 0.6) is 11.5 Å². The number of hydrogen-bond acceptors (Lipinski definition) is 6. The molecule has 0 atom stereocenters. The second-order valence-corrected chi connectivity index (χ2v) is 9.19. The van der Waals surface area contributed by atoms with Crippen LogP contribution in [0.4, 0.5) is 0 Å². The number of nitrogens with zero attached hydrogens (tertiary/aromatic N) is 3. The van der Waals surface area contributed by atoms with Crippen LogP contribution in [0.25, 0.3) is 6.08 Å². The SMILES string of the molecule is CCCCC1=NN2C(=N)C(=Cc3ccc(OCCOc4cc(C)ccc4C)cc3)C(=O)N=C2S1. The largest absolute Gasteiger partial charge is 0.490 e. The van der Waals surface area contributed by atoms with Crippen molar-refractivity contribution in [2.75, 3.05) is 13.2 Å². The van der Waals surface area contributed by atoms with Crippen LogP contribution >= 0.6 is 11.8 Å². The summed E-state index contributed by atoms with van der Waals surface area (Å²) >= 11 is 1.37. The van der Waals surface area contributed by atoms with Crippen molar-refractivity contribution in [3.05, 3.63) is 64.7 Å². The van der Waals surface area contributed by atoms with Crippen LogP contribution in [0.1, 0.15) is 42.9 Å². The summed E-state index contributed by atoms with van der Waals surface area (Å²) in [4.78, 5) is 16.7. The lowest BCUT2D eigenvalue weighted by Gasteiger charge is -2.20. The third-order valence-corrected chi connectivity index (χ3v) is 6.35. The number of amides is 1. The molecule has 4 rings (SSSR count). The van der Waals surface area contributed by atoms with Crippen molar-refractivity contribution in [1.82, 2.24) is 5.01 Å². The highest BCUT2D eigenvalue weighted by Gasteiger charge is 2.35. The smallest absolute Gasteiger partial charge is 0.283 e.